The molecule has 1 aliphatic rings. The Morgan fingerprint density at radius 2 is 1.65 bits per heavy atom. The van der Waals surface area contributed by atoms with E-state index in [0.29, 0.717) is 10.7 Å². The molecule has 1 amide bonds. The van der Waals surface area contributed by atoms with E-state index in [4.69, 9.17) is 11.6 Å². The van der Waals surface area contributed by atoms with E-state index in [-0.39, 0.29) is 25.2 Å². The van der Waals surface area contributed by atoms with Crippen LogP contribution in [0.3, 0.4) is 0 Å². The molecule has 0 saturated carbocycles. The van der Waals surface area contributed by atoms with E-state index in [1.165, 1.54) is 4.31 Å². The third-order valence-corrected chi connectivity index (χ3v) is 8.22. The number of hydrogen-bond acceptors (Lipinski definition) is 5. The molecule has 3 rings (SSSR count). The predicted molar refractivity (Wildman–Crippen MR) is 124 cm³/mol. The fraction of sp³-hybridized carbons (Fsp3) is 0.409. The minimum absolute atomic E-state index is 0.221. The summed E-state index contributed by atoms with van der Waals surface area (Å²) in [6, 6.07) is 12.2. The van der Waals surface area contributed by atoms with Gasteiger partial charge in [-0.2, -0.15) is 0 Å². The number of hydrogen-bond donors (Lipinski definition) is 3. The van der Waals surface area contributed by atoms with Crippen LogP contribution < -0.4 is 20.5 Å². The van der Waals surface area contributed by atoms with Crippen LogP contribution in [0.2, 0.25) is 5.02 Å². The predicted octanol–water partition coefficient (Wildman–Crippen LogP) is 2.66. The van der Waals surface area contributed by atoms with Crippen molar-refractivity contribution in [2.75, 3.05) is 10.8 Å². The molecule has 9 heteroatoms. The molecular weight excluding hydrogens is 436 g/mol. The van der Waals surface area contributed by atoms with Gasteiger partial charge in [0.1, 0.15) is 11.8 Å². The fourth-order valence-corrected chi connectivity index (χ4v) is 6.33. The van der Waals surface area contributed by atoms with Gasteiger partial charge in [0.25, 0.3) is 0 Å². The molecule has 2 unspecified atom stereocenters. The molecule has 0 spiro atoms. The lowest BCUT2D eigenvalue weighted by molar-refractivity contribution is -0.119. The third kappa shape index (κ3) is 5.38. The van der Waals surface area contributed by atoms with E-state index in [9.17, 15) is 13.2 Å². The number of hydrazine groups is 1. The molecule has 7 nitrogen and oxygen atoms in total. The molecular formula is C22H29ClN4O3S. The van der Waals surface area contributed by atoms with E-state index in [0.717, 1.165) is 16.7 Å². The number of carbonyl (C=O) groups excluding carboxylic acids is 1. The zero-order valence-electron chi connectivity index (χ0n) is 18.1. The van der Waals surface area contributed by atoms with Gasteiger partial charge in [-0.05, 0) is 62.6 Å². The highest BCUT2D eigenvalue weighted by Gasteiger charge is 2.44. The van der Waals surface area contributed by atoms with Crippen LogP contribution in [0.15, 0.2) is 42.5 Å². The number of amides is 1. The maximum atomic E-state index is 13.7. The summed E-state index contributed by atoms with van der Waals surface area (Å²) in [7, 11) is -3.85. The number of carbonyl (C=O) groups is 1. The van der Waals surface area contributed by atoms with Gasteiger partial charge >= 0.3 is 0 Å². The Morgan fingerprint density at radius 1 is 1.06 bits per heavy atom. The Hall–Kier alpha value is -2.13. The highest BCUT2D eigenvalue weighted by molar-refractivity contribution is 7.93. The Labute approximate surface area is 189 Å². The van der Waals surface area contributed by atoms with E-state index in [2.05, 4.69) is 16.2 Å². The number of halogens is 1. The van der Waals surface area contributed by atoms with Crippen LogP contribution in [0, 0.1) is 13.8 Å². The summed E-state index contributed by atoms with van der Waals surface area (Å²) in [5.41, 5.74) is 9.08. The van der Waals surface area contributed by atoms with Gasteiger partial charge in [-0.3, -0.25) is 20.0 Å². The number of aryl methyl sites for hydroxylation is 2. The fourth-order valence-electron chi connectivity index (χ4n) is 3.97. The maximum absolute atomic E-state index is 13.7. The lowest BCUT2D eigenvalue weighted by Crippen LogP contribution is -2.50. The maximum Gasteiger partial charge on any atom is 0.241 e. The Kier molecular flexibility index (Phi) is 7.26. The first kappa shape index (κ1) is 23.5. The summed E-state index contributed by atoms with van der Waals surface area (Å²) in [5.74, 6) is -0.401. The van der Waals surface area contributed by atoms with E-state index in [1.807, 2.05) is 52.0 Å². The average Bonchev–Trinajstić information content (AvgIpc) is 3.03. The third-order valence-electron chi connectivity index (χ3n) is 5.39. The number of anilines is 1. The largest absolute Gasteiger partial charge is 0.350 e. The molecule has 1 heterocycles. The molecule has 0 bridgehead atoms. The van der Waals surface area contributed by atoms with E-state index < -0.39 is 21.2 Å². The van der Waals surface area contributed by atoms with E-state index >= 15 is 0 Å². The molecule has 1 fully saturated rings. The number of nitrogens with zero attached hydrogens (tertiary/aromatic N) is 1. The van der Waals surface area contributed by atoms with Crippen LogP contribution in [-0.4, -0.2) is 38.2 Å². The Bertz CT molecular complexity index is 1030. The van der Waals surface area contributed by atoms with Crippen molar-refractivity contribution in [3.63, 3.8) is 0 Å². The van der Waals surface area contributed by atoms with Gasteiger partial charge in [0.15, 0.2) is 0 Å². The SMILES string of the molecule is Cc1cc(C)cc(N(CC(=O)NCc2ccccc2Cl)S(=O)(=O)C2C(C)NNC2C)c1. The molecule has 3 N–H and O–H groups in total. The molecule has 1 aliphatic heterocycles. The van der Waals surface area contributed by atoms with Crippen LogP contribution in [0.25, 0.3) is 0 Å². The molecule has 2 aromatic rings. The standard InChI is InChI=1S/C22H29ClN4O3S/c1-14-9-15(2)11-19(10-14)27(31(29,30)22-16(3)25-26-17(22)4)13-21(28)24-12-18-7-5-6-8-20(18)23/h5-11,16-17,22,25-26H,12-13H2,1-4H3,(H,24,28). The van der Waals surface area contributed by atoms with Crippen molar-refractivity contribution in [1.29, 1.82) is 0 Å². The van der Waals surface area contributed by atoms with Crippen molar-refractivity contribution < 1.29 is 13.2 Å². The summed E-state index contributed by atoms with van der Waals surface area (Å²) in [6.07, 6.45) is 0. The lowest BCUT2D eigenvalue weighted by atomic mass is 10.1. The van der Waals surface area contributed by atoms with Crippen molar-refractivity contribution in [2.45, 2.75) is 51.6 Å². The van der Waals surface area contributed by atoms with Crippen molar-refractivity contribution in [3.05, 3.63) is 64.2 Å². The van der Waals surface area contributed by atoms with Crippen LogP contribution in [-0.2, 0) is 21.4 Å². The highest BCUT2D eigenvalue weighted by atomic mass is 35.5. The zero-order valence-corrected chi connectivity index (χ0v) is 19.7. The molecule has 0 aliphatic carbocycles. The first-order valence-electron chi connectivity index (χ1n) is 10.2. The van der Waals surface area contributed by atoms with Gasteiger partial charge in [0.2, 0.25) is 15.9 Å². The summed E-state index contributed by atoms with van der Waals surface area (Å²) in [6.45, 7) is 7.35. The molecule has 2 atom stereocenters. The van der Waals surface area contributed by atoms with Crippen molar-refractivity contribution in [2.24, 2.45) is 0 Å². The summed E-state index contributed by atoms with van der Waals surface area (Å²) in [5, 5.41) is 2.62. The second-order valence-electron chi connectivity index (χ2n) is 8.10. The summed E-state index contributed by atoms with van der Waals surface area (Å²) in [4.78, 5) is 12.8. The van der Waals surface area contributed by atoms with Crippen molar-refractivity contribution in [3.8, 4) is 0 Å². The zero-order chi connectivity index (χ0) is 22.8. The molecule has 168 valence electrons. The van der Waals surface area contributed by atoms with Crippen LogP contribution in [0.1, 0.15) is 30.5 Å². The van der Waals surface area contributed by atoms with Crippen LogP contribution >= 0.6 is 11.6 Å². The van der Waals surface area contributed by atoms with Gasteiger partial charge in [-0.15, -0.1) is 0 Å². The van der Waals surface area contributed by atoms with Gasteiger partial charge in [0.05, 0.1) is 5.69 Å². The quantitative estimate of drug-likeness (QED) is 0.586. The monoisotopic (exact) mass is 464 g/mol. The number of rotatable bonds is 7. The molecule has 31 heavy (non-hydrogen) atoms. The number of benzene rings is 2. The minimum atomic E-state index is -3.85. The Balaban J connectivity index is 1.89. The van der Waals surface area contributed by atoms with Crippen LogP contribution in [0.5, 0.6) is 0 Å². The second-order valence-corrected chi connectivity index (χ2v) is 10.5. The summed E-state index contributed by atoms with van der Waals surface area (Å²) < 4.78 is 28.6. The minimum Gasteiger partial charge on any atom is -0.350 e. The normalized spacial score (nSPS) is 21.1. The molecule has 2 aromatic carbocycles. The number of sulfonamides is 1. The van der Waals surface area contributed by atoms with Crippen molar-refractivity contribution in [1.82, 2.24) is 16.2 Å². The Morgan fingerprint density at radius 3 is 2.23 bits per heavy atom. The number of nitrogens with one attached hydrogen (secondary N) is 3. The summed E-state index contributed by atoms with van der Waals surface area (Å²) >= 11 is 6.16. The smallest absolute Gasteiger partial charge is 0.241 e. The topological polar surface area (TPSA) is 90.5 Å². The van der Waals surface area contributed by atoms with Gasteiger partial charge in [0, 0.05) is 23.7 Å². The van der Waals surface area contributed by atoms with E-state index in [1.54, 1.807) is 18.2 Å². The molecule has 0 aromatic heterocycles. The average molecular weight is 465 g/mol. The molecule has 1 saturated heterocycles. The van der Waals surface area contributed by atoms with Gasteiger partial charge in [-0.25, -0.2) is 8.42 Å². The highest BCUT2D eigenvalue weighted by Crippen LogP contribution is 2.27. The van der Waals surface area contributed by atoms with Gasteiger partial charge in [-0.1, -0.05) is 35.9 Å². The second kappa shape index (κ2) is 9.56. The first-order valence-corrected chi connectivity index (χ1v) is 12.1. The molecule has 0 radical (unpaired) electrons. The first-order chi connectivity index (χ1) is 14.6. The van der Waals surface area contributed by atoms with Crippen LogP contribution in [0.4, 0.5) is 5.69 Å². The van der Waals surface area contributed by atoms with Gasteiger partial charge < -0.3 is 5.32 Å². The van der Waals surface area contributed by atoms with Crippen molar-refractivity contribution >= 4 is 33.2 Å². The lowest BCUT2D eigenvalue weighted by Gasteiger charge is -2.30.